The Morgan fingerprint density at radius 3 is 3.00 bits per heavy atom. The van der Waals surface area contributed by atoms with Gasteiger partial charge in [-0.1, -0.05) is 23.8 Å². The van der Waals surface area contributed by atoms with Crippen molar-refractivity contribution in [2.45, 2.75) is 6.42 Å². The van der Waals surface area contributed by atoms with Gasteiger partial charge in [0.2, 0.25) is 6.54 Å². The first-order valence-electron chi connectivity index (χ1n) is 4.84. The minimum Gasteiger partial charge on any atom is -0.265 e. The molecule has 2 aliphatic rings. The van der Waals surface area contributed by atoms with Crippen LogP contribution in [-0.4, -0.2) is 23.0 Å². The van der Waals surface area contributed by atoms with E-state index in [4.69, 9.17) is 0 Å². The van der Waals surface area contributed by atoms with E-state index in [-0.39, 0.29) is 11.5 Å². The second kappa shape index (κ2) is 4.17. The zero-order valence-electron chi connectivity index (χ0n) is 7.89. The molecule has 0 unspecified atom stereocenters. The van der Waals surface area contributed by atoms with E-state index < -0.39 is 0 Å². The molecule has 0 saturated carbocycles. The third-order valence-electron chi connectivity index (χ3n) is 2.71. The second-order valence-electron chi connectivity index (χ2n) is 3.74. The van der Waals surface area contributed by atoms with E-state index in [0.717, 1.165) is 5.75 Å². The molecular weight excluding hydrogens is 198 g/mol. The molecule has 0 amide bonds. The molecule has 0 aromatic carbocycles. The molecule has 76 valence electrons. The number of allylic oxidation sites excluding steroid dienone is 3. The smallest absolute Gasteiger partial charge is 0.212 e. The first-order valence-corrected chi connectivity index (χ1v) is 5.99. The summed E-state index contributed by atoms with van der Waals surface area (Å²) >= 11 is 1.67. The van der Waals surface area contributed by atoms with Crippen molar-refractivity contribution in [2.24, 2.45) is 11.8 Å². The van der Waals surface area contributed by atoms with E-state index >= 15 is 0 Å². The van der Waals surface area contributed by atoms with Crippen LogP contribution in [0.1, 0.15) is 6.42 Å². The molecule has 4 heteroatoms. The molecule has 0 N–H and O–H groups in total. The topological polar surface area (TPSA) is 43.1 Å². The van der Waals surface area contributed by atoms with Gasteiger partial charge in [0.15, 0.2) is 0 Å². The first kappa shape index (κ1) is 9.77. The Morgan fingerprint density at radius 1 is 1.57 bits per heavy atom. The highest BCUT2D eigenvalue weighted by Gasteiger charge is 2.27. The van der Waals surface area contributed by atoms with Gasteiger partial charge in [-0.15, -0.1) is 0 Å². The van der Waals surface area contributed by atoms with Crippen molar-refractivity contribution in [3.63, 3.8) is 0 Å². The van der Waals surface area contributed by atoms with Crippen LogP contribution in [0.4, 0.5) is 0 Å². The highest BCUT2D eigenvalue weighted by molar-refractivity contribution is 7.99. The molecule has 2 atom stereocenters. The largest absolute Gasteiger partial charge is 0.265 e. The molecule has 2 bridgehead atoms. The lowest BCUT2D eigenvalue weighted by molar-refractivity contribution is -0.474. The van der Waals surface area contributed by atoms with Crippen LogP contribution in [0.2, 0.25) is 0 Å². The van der Waals surface area contributed by atoms with Crippen LogP contribution in [0, 0.1) is 22.0 Å². The summed E-state index contributed by atoms with van der Waals surface area (Å²) in [4.78, 5) is 9.84. The van der Waals surface area contributed by atoms with Gasteiger partial charge in [0, 0.05) is 10.7 Å². The number of fused-ring (bicyclic) bond motifs is 2. The molecule has 0 aliphatic heterocycles. The standard InChI is InChI=1S/C10H13NO2S/c12-11(13)3-4-14-7-10-6-8-1-2-9(10)5-8/h1-2,6,8-9H,3-5,7H2/t8-,9+/m0/s1. The van der Waals surface area contributed by atoms with Crippen LogP contribution in [0.25, 0.3) is 0 Å². The molecule has 0 aromatic rings. The fourth-order valence-corrected chi connectivity index (χ4v) is 2.98. The highest BCUT2D eigenvalue weighted by Crippen LogP contribution is 2.39. The maximum absolute atomic E-state index is 10.1. The maximum Gasteiger partial charge on any atom is 0.212 e. The third kappa shape index (κ3) is 2.18. The summed E-state index contributed by atoms with van der Waals surface area (Å²) in [5.74, 6) is 2.90. The first-order chi connectivity index (χ1) is 6.75. The molecule has 0 radical (unpaired) electrons. The minimum atomic E-state index is -0.248. The summed E-state index contributed by atoms with van der Waals surface area (Å²) in [7, 11) is 0. The van der Waals surface area contributed by atoms with E-state index in [1.54, 1.807) is 11.8 Å². The van der Waals surface area contributed by atoms with Gasteiger partial charge in [-0.3, -0.25) is 10.1 Å². The summed E-state index contributed by atoms with van der Waals surface area (Å²) in [6.45, 7) is 0.0852. The fourth-order valence-electron chi connectivity index (χ4n) is 2.01. The molecule has 2 rings (SSSR count). The van der Waals surface area contributed by atoms with E-state index in [1.807, 2.05) is 0 Å². The van der Waals surface area contributed by atoms with Crippen LogP contribution in [0.15, 0.2) is 23.8 Å². The SMILES string of the molecule is O=[N+]([O-])CCSCC1=C[C@H]2C=C[C@@H]1C2. The van der Waals surface area contributed by atoms with Gasteiger partial charge in [0.1, 0.15) is 0 Å². The number of hydrogen-bond acceptors (Lipinski definition) is 3. The molecule has 0 aromatic heterocycles. The Hall–Kier alpha value is -0.770. The molecule has 0 spiro atoms. The van der Waals surface area contributed by atoms with Crippen LogP contribution >= 0.6 is 11.8 Å². The van der Waals surface area contributed by atoms with Crippen LogP contribution in [-0.2, 0) is 0 Å². The highest BCUT2D eigenvalue weighted by atomic mass is 32.2. The molecular formula is C10H13NO2S. The van der Waals surface area contributed by atoms with E-state index in [2.05, 4.69) is 18.2 Å². The van der Waals surface area contributed by atoms with Crippen LogP contribution in [0.3, 0.4) is 0 Å². The molecule has 3 nitrogen and oxygen atoms in total. The van der Waals surface area contributed by atoms with Crippen molar-refractivity contribution in [1.82, 2.24) is 0 Å². The molecule has 0 heterocycles. The Morgan fingerprint density at radius 2 is 2.43 bits per heavy atom. The van der Waals surface area contributed by atoms with E-state index in [9.17, 15) is 10.1 Å². The number of nitrogens with zero attached hydrogens (tertiary/aromatic N) is 1. The number of hydrogen-bond donors (Lipinski definition) is 0. The van der Waals surface area contributed by atoms with Gasteiger partial charge >= 0.3 is 0 Å². The van der Waals surface area contributed by atoms with Crippen molar-refractivity contribution in [3.05, 3.63) is 33.9 Å². The summed E-state index contributed by atoms with van der Waals surface area (Å²) < 4.78 is 0. The Kier molecular flexibility index (Phi) is 2.91. The predicted molar refractivity (Wildman–Crippen MR) is 58.0 cm³/mol. The maximum atomic E-state index is 10.1. The van der Waals surface area contributed by atoms with Gasteiger partial charge in [-0.25, -0.2) is 0 Å². The van der Waals surface area contributed by atoms with Gasteiger partial charge in [0.25, 0.3) is 0 Å². The summed E-state index contributed by atoms with van der Waals surface area (Å²) in [6, 6.07) is 0. The number of thioether (sulfide) groups is 1. The van der Waals surface area contributed by atoms with Crippen molar-refractivity contribution in [3.8, 4) is 0 Å². The zero-order valence-corrected chi connectivity index (χ0v) is 8.70. The zero-order chi connectivity index (χ0) is 9.97. The molecule has 0 fully saturated rings. The Bertz CT molecular complexity index is 298. The summed E-state index contributed by atoms with van der Waals surface area (Å²) in [5.41, 5.74) is 1.48. The average Bonchev–Trinajstić information content (AvgIpc) is 2.73. The van der Waals surface area contributed by atoms with Crippen molar-refractivity contribution < 1.29 is 4.92 Å². The van der Waals surface area contributed by atoms with Crippen LogP contribution < -0.4 is 0 Å². The fraction of sp³-hybridized carbons (Fsp3) is 0.600. The van der Waals surface area contributed by atoms with Gasteiger partial charge in [-0.05, 0) is 18.3 Å². The van der Waals surface area contributed by atoms with Crippen molar-refractivity contribution in [2.75, 3.05) is 18.1 Å². The third-order valence-corrected chi connectivity index (χ3v) is 3.72. The number of nitro groups is 1. The molecule has 14 heavy (non-hydrogen) atoms. The predicted octanol–water partition coefficient (Wildman–Crippen LogP) is 2.13. The summed E-state index contributed by atoms with van der Waals surface area (Å²) in [5, 5.41) is 10.1. The number of rotatable bonds is 5. The summed E-state index contributed by atoms with van der Waals surface area (Å²) in [6.07, 6.45) is 8.10. The van der Waals surface area contributed by atoms with E-state index in [0.29, 0.717) is 17.6 Å². The molecule has 2 aliphatic carbocycles. The van der Waals surface area contributed by atoms with Gasteiger partial charge < -0.3 is 0 Å². The van der Waals surface area contributed by atoms with Crippen molar-refractivity contribution in [1.29, 1.82) is 0 Å². The lowest BCUT2D eigenvalue weighted by Gasteiger charge is -2.08. The monoisotopic (exact) mass is 211 g/mol. The van der Waals surface area contributed by atoms with Crippen LogP contribution in [0.5, 0.6) is 0 Å². The van der Waals surface area contributed by atoms with Gasteiger partial charge in [0.05, 0.1) is 5.75 Å². The normalized spacial score (nSPS) is 28.1. The molecule has 0 saturated heterocycles. The Labute approximate surface area is 87.4 Å². The van der Waals surface area contributed by atoms with E-state index in [1.165, 1.54) is 12.0 Å². The second-order valence-corrected chi connectivity index (χ2v) is 4.85. The van der Waals surface area contributed by atoms with Gasteiger partial charge in [-0.2, -0.15) is 11.8 Å². The quantitative estimate of drug-likeness (QED) is 0.303. The Balaban J connectivity index is 1.68. The minimum absolute atomic E-state index is 0.0852. The lowest BCUT2D eigenvalue weighted by Crippen LogP contribution is -2.05. The lowest BCUT2D eigenvalue weighted by atomic mass is 10.1. The average molecular weight is 211 g/mol. The van der Waals surface area contributed by atoms with Crippen molar-refractivity contribution >= 4 is 11.8 Å².